The fourth-order valence-corrected chi connectivity index (χ4v) is 2.22. The second kappa shape index (κ2) is 6.15. The molecule has 0 spiro atoms. The van der Waals surface area contributed by atoms with Gasteiger partial charge in [-0.3, -0.25) is 0 Å². The van der Waals surface area contributed by atoms with Crippen LogP contribution in [0.25, 0.3) is 0 Å². The first-order valence-electron chi connectivity index (χ1n) is 6.03. The van der Waals surface area contributed by atoms with Crippen LogP contribution >= 0.6 is 11.6 Å². The molecule has 2 rings (SSSR count). The first-order valence-corrected chi connectivity index (χ1v) is 6.56. The molecule has 0 amide bonds. The first-order chi connectivity index (χ1) is 8.76. The van der Waals surface area contributed by atoms with Gasteiger partial charge in [0.25, 0.3) is 0 Å². The van der Waals surface area contributed by atoms with Crippen LogP contribution in [-0.4, -0.2) is 40.3 Å². The number of ether oxygens (including phenoxy) is 2. The van der Waals surface area contributed by atoms with E-state index in [2.05, 4.69) is 10.3 Å². The Balaban J connectivity index is 2.13. The molecule has 7 heteroatoms. The van der Waals surface area contributed by atoms with E-state index in [1.54, 1.807) is 11.6 Å². The van der Waals surface area contributed by atoms with Gasteiger partial charge in [-0.15, -0.1) is 16.7 Å². The van der Waals surface area contributed by atoms with Gasteiger partial charge in [0.1, 0.15) is 0 Å². The summed E-state index contributed by atoms with van der Waals surface area (Å²) in [6.07, 6.45) is 2.18. The van der Waals surface area contributed by atoms with Gasteiger partial charge >= 0.3 is 5.97 Å². The van der Waals surface area contributed by atoms with Crippen molar-refractivity contribution in [2.24, 2.45) is 0 Å². The van der Waals surface area contributed by atoms with Crippen LogP contribution in [0.15, 0.2) is 0 Å². The van der Waals surface area contributed by atoms with E-state index in [0.717, 1.165) is 19.4 Å². The van der Waals surface area contributed by atoms with Crippen LogP contribution in [0.2, 0.25) is 0 Å². The Labute approximate surface area is 110 Å². The molecule has 1 saturated heterocycles. The summed E-state index contributed by atoms with van der Waals surface area (Å²) in [6.45, 7) is 3.41. The minimum Gasteiger partial charge on any atom is -0.461 e. The Morgan fingerprint density at radius 1 is 1.67 bits per heavy atom. The number of carbonyl (C=O) groups is 1. The highest BCUT2D eigenvalue weighted by molar-refractivity contribution is 6.17. The van der Waals surface area contributed by atoms with Gasteiger partial charge in [0.2, 0.25) is 0 Å². The molecule has 6 nitrogen and oxygen atoms in total. The third-order valence-electron chi connectivity index (χ3n) is 2.83. The van der Waals surface area contributed by atoms with E-state index in [1.807, 2.05) is 0 Å². The van der Waals surface area contributed by atoms with Crippen LogP contribution in [-0.2, 0) is 21.9 Å². The molecule has 1 unspecified atom stereocenters. The SMILES string of the molecule is CCOC(=O)c1nnn(CC2CCCO2)c1CCl. The highest BCUT2D eigenvalue weighted by Crippen LogP contribution is 2.17. The second-order valence-electron chi connectivity index (χ2n) is 4.06. The molecule has 100 valence electrons. The van der Waals surface area contributed by atoms with Crippen molar-refractivity contribution in [1.29, 1.82) is 0 Å². The average Bonchev–Trinajstić information content (AvgIpc) is 2.99. The largest absolute Gasteiger partial charge is 0.461 e. The molecule has 1 fully saturated rings. The fraction of sp³-hybridized carbons (Fsp3) is 0.727. The van der Waals surface area contributed by atoms with Crippen LogP contribution < -0.4 is 0 Å². The zero-order valence-electron chi connectivity index (χ0n) is 10.3. The lowest BCUT2D eigenvalue weighted by Crippen LogP contribution is -2.18. The number of aromatic nitrogens is 3. The van der Waals surface area contributed by atoms with Gasteiger partial charge < -0.3 is 9.47 Å². The Morgan fingerprint density at radius 2 is 2.50 bits per heavy atom. The quantitative estimate of drug-likeness (QED) is 0.599. The van der Waals surface area contributed by atoms with E-state index in [4.69, 9.17) is 21.1 Å². The third-order valence-corrected chi connectivity index (χ3v) is 3.09. The Bertz CT molecular complexity index is 416. The van der Waals surface area contributed by atoms with Crippen molar-refractivity contribution < 1.29 is 14.3 Å². The zero-order chi connectivity index (χ0) is 13.0. The maximum absolute atomic E-state index is 11.6. The van der Waals surface area contributed by atoms with Crippen molar-refractivity contribution >= 4 is 17.6 Å². The maximum Gasteiger partial charge on any atom is 0.360 e. The Morgan fingerprint density at radius 3 is 3.11 bits per heavy atom. The van der Waals surface area contributed by atoms with Crippen LogP contribution in [0.1, 0.15) is 35.9 Å². The minimum atomic E-state index is -0.480. The number of hydrogen-bond acceptors (Lipinski definition) is 5. The van der Waals surface area contributed by atoms with Crippen molar-refractivity contribution in [2.75, 3.05) is 13.2 Å². The van der Waals surface area contributed by atoms with Crippen LogP contribution in [0.4, 0.5) is 0 Å². The number of nitrogens with zero attached hydrogens (tertiary/aromatic N) is 3. The van der Waals surface area contributed by atoms with Gasteiger partial charge in [-0.25, -0.2) is 9.48 Å². The first kappa shape index (κ1) is 13.3. The standard InChI is InChI=1S/C11H16ClN3O3/c1-2-17-11(16)10-9(6-12)15(14-13-10)7-8-4-3-5-18-8/h8H,2-7H2,1H3. The van der Waals surface area contributed by atoms with E-state index >= 15 is 0 Å². The minimum absolute atomic E-state index is 0.128. The summed E-state index contributed by atoms with van der Waals surface area (Å²) in [6, 6.07) is 0. The highest BCUT2D eigenvalue weighted by atomic mass is 35.5. The number of halogens is 1. The van der Waals surface area contributed by atoms with Crippen LogP contribution in [0, 0.1) is 0 Å². The van der Waals surface area contributed by atoms with Crippen molar-refractivity contribution in [3.63, 3.8) is 0 Å². The number of alkyl halides is 1. The number of rotatable bonds is 5. The summed E-state index contributed by atoms with van der Waals surface area (Å²) < 4.78 is 12.1. The number of hydrogen-bond donors (Lipinski definition) is 0. The highest BCUT2D eigenvalue weighted by Gasteiger charge is 2.23. The smallest absolute Gasteiger partial charge is 0.360 e. The molecular formula is C11H16ClN3O3. The topological polar surface area (TPSA) is 66.2 Å². The van der Waals surface area contributed by atoms with Crippen molar-refractivity contribution in [1.82, 2.24) is 15.0 Å². The molecule has 1 atom stereocenters. The lowest BCUT2D eigenvalue weighted by molar-refractivity contribution is 0.0518. The molecule has 1 aromatic rings. The van der Waals surface area contributed by atoms with Crippen molar-refractivity contribution in [2.45, 2.75) is 38.3 Å². The zero-order valence-corrected chi connectivity index (χ0v) is 11.0. The summed E-state index contributed by atoms with van der Waals surface area (Å²) in [5, 5.41) is 7.80. The van der Waals surface area contributed by atoms with Gasteiger partial charge in [0, 0.05) is 6.61 Å². The average molecular weight is 274 g/mol. The molecule has 1 aliphatic rings. The van der Waals surface area contributed by atoms with E-state index in [-0.39, 0.29) is 17.7 Å². The summed E-state index contributed by atoms with van der Waals surface area (Å²) in [5.74, 6) is -0.305. The van der Waals surface area contributed by atoms with Gasteiger partial charge in [-0.1, -0.05) is 5.21 Å². The van der Waals surface area contributed by atoms with Gasteiger partial charge in [0.15, 0.2) is 5.69 Å². The molecule has 0 N–H and O–H groups in total. The summed E-state index contributed by atoms with van der Waals surface area (Å²) in [7, 11) is 0. The van der Waals surface area contributed by atoms with Crippen LogP contribution in [0.3, 0.4) is 0 Å². The molecule has 0 radical (unpaired) electrons. The third kappa shape index (κ3) is 2.81. The molecule has 0 bridgehead atoms. The number of carbonyl (C=O) groups excluding carboxylic acids is 1. The molecule has 0 aromatic carbocycles. The molecule has 0 saturated carbocycles. The molecule has 1 aliphatic heterocycles. The van der Waals surface area contributed by atoms with E-state index in [9.17, 15) is 4.79 Å². The molecule has 1 aromatic heterocycles. The Kier molecular flexibility index (Phi) is 4.54. The maximum atomic E-state index is 11.6. The van der Waals surface area contributed by atoms with E-state index in [0.29, 0.717) is 18.8 Å². The normalized spacial score (nSPS) is 19.1. The van der Waals surface area contributed by atoms with Crippen LogP contribution in [0.5, 0.6) is 0 Å². The molecule has 0 aliphatic carbocycles. The fourth-order valence-electron chi connectivity index (χ4n) is 1.95. The monoisotopic (exact) mass is 273 g/mol. The van der Waals surface area contributed by atoms with Crippen molar-refractivity contribution in [3.8, 4) is 0 Å². The molecule has 18 heavy (non-hydrogen) atoms. The van der Waals surface area contributed by atoms with E-state index in [1.165, 1.54) is 0 Å². The van der Waals surface area contributed by atoms with Gasteiger partial charge in [-0.2, -0.15) is 0 Å². The summed E-state index contributed by atoms with van der Waals surface area (Å²) in [4.78, 5) is 11.6. The second-order valence-corrected chi connectivity index (χ2v) is 4.32. The lowest BCUT2D eigenvalue weighted by atomic mass is 10.2. The van der Waals surface area contributed by atoms with Crippen molar-refractivity contribution in [3.05, 3.63) is 11.4 Å². The van der Waals surface area contributed by atoms with E-state index < -0.39 is 5.97 Å². The van der Waals surface area contributed by atoms with Gasteiger partial charge in [-0.05, 0) is 19.8 Å². The lowest BCUT2D eigenvalue weighted by Gasteiger charge is -2.10. The predicted molar refractivity (Wildman–Crippen MR) is 64.5 cm³/mol. The number of esters is 1. The summed E-state index contributed by atoms with van der Waals surface area (Å²) in [5.41, 5.74) is 0.787. The molecule has 2 heterocycles. The summed E-state index contributed by atoms with van der Waals surface area (Å²) >= 11 is 5.86. The Hall–Kier alpha value is -1.14. The van der Waals surface area contributed by atoms with Gasteiger partial charge in [0.05, 0.1) is 30.8 Å². The molecular weight excluding hydrogens is 258 g/mol. The predicted octanol–water partition coefficient (Wildman–Crippen LogP) is 1.37.